The molecule has 0 saturated heterocycles. The molecule has 56 heavy (non-hydrogen) atoms. The highest BCUT2D eigenvalue weighted by molar-refractivity contribution is 6.25. The Bertz CT molecular complexity index is 3220. The van der Waals surface area contributed by atoms with Gasteiger partial charge < -0.3 is 9.47 Å². The van der Waals surface area contributed by atoms with Crippen LogP contribution in [-0.4, -0.2) is 4.57 Å². The van der Waals surface area contributed by atoms with Crippen LogP contribution in [0.1, 0.15) is 0 Å². The highest BCUT2D eigenvalue weighted by Gasteiger charge is 2.19. The first-order valence-corrected chi connectivity index (χ1v) is 19.3. The van der Waals surface area contributed by atoms with Crippen LogP contribution < -0.4 is 4.90 Å². The van der Waals surface area contributed by atoms with E-state index in [-0.39, 0.29) is 0 Å². The van der Waals surface area contributed by atoms with Crippen molar-refractivity contribution >= 4 is 71.2 Å². The topological polar surface area (TPSA) is 8.17 Å². The second-order valence-electron chi connectivity index (χ2n) is 14.5. The minimum absolute atomic E-state index is 1.10. The molecule has 0 aliphatic carbocycles. The van der Waals surface area contributed by atoms with Crippen LogP contribution in [0.2, 0.25) is 0 Å². The Morgan fingerprint density at radius 3 is 1.68 bits per heavy atom. The van der Waals surface area contributed by atoms with Gasteiger partial charge in [-0.25, -0.2) is 0 Å². The van der Waals surface area contributed by atoms with E-state index in [9.17, 15) is 0 Å². The van der Waals surface area contributed by atoms with Crippen molar-refractivity contribution in [3.8, 4) is 27.9 Å². The molecule has 10 aromatic carbocycles. The standard InChI is InChI=1S/C54H36N2/c1-2-12-37(13-3-1)39-24-28-43(29-25-39)55(46-30-26-38-14-4-5-16-42(38)36-46)44-31-33-45(34-32-44)56-51-23-9-8-20-50(51)54-52(56)35-27-41-18-11-22-49(53(41)54)48-21-10-17-40-15-6-7-19-47(40)48/h1-36H. The third-order valence-electron chi connectivity index (χ3n) is 11.3. The summed E-state index contributed by atoms with van der Waals surface area (Å²) in [5.41, 5.74) is 11.8. The van der Waals surface area contributed by atoms with Crippen molar-refractivity contribution < 1.29 is 0 Å². The first-order chi connectivity index (χ1) is 27.8. The maximum absolute atomic E-state index is 2.43. The van der Waals surface area contributed by atoms with Gasteiger partial charge in [0.2, 0.25) is 0 Å². The fourth-order valence-electron chi connectivity index (χ4n) is 8.75. The molecule has 0 aliphatic rings. The fourth-order valence-corrected chi connectivity index (χ4v) is 8.75. The molecule has 0 spiro atoms. The molecule has 1 aromatic heterocycles. The molecule has 0 fully saturated rings. The number of rotatable bonds is 6. The molecule has 0 radical (unpaired) electrons. The van der Waals surface area contributed by atoms with Crippen molar-refractivity contribution in [2.24, 2.45) is 0 Å². The van der Waals surface area contributed by atoms with Crippen molar-refractivity contribution in [2.45, 2.75) is 0 Å². The second-order valence-corrected chi connectivity index (χ2v) is 14.5. The minimum Gasteiger partial charge on any atom is -0.310 e. The van der Waals surface area contributed by atoms with E-state index in [0.29, 0.717) is 0 Å². The van der Waals surface area contributed by atoms with Gasteiger partial charge in [-0.05, 0) is 115 Å². The molecule has 0 saturated carbocycles. The molecule has 2 nitrogen and oxygen atoms in total. The summed E-state index contributed by atoms with van der Waals surface area (Å²) in [7, 11) is 0. The highest BCUT2D eigenvalue weighted by atomic mass is 15.1. The molecule has 0 amide bonds. The number of fused-ring (bicyclic) bond motifs is 7. The smallest absolute Gasteiger partial charge is 0.0547 e. The number of aromatic nitrogens is 1. The molecule has 0 N–H and O–H groups in total. The maximum atomic E-state index is 2.43. The Morgan fingerprint density at radius 2 is 0.875 bits per heavy atom. The number of para-hydroxylation sites is 1. The van der Waals surface area contributed by atoms with Crippen LogP contribution in [-0.2, 0) is 0 Å². The van der Waals surface area contributed by atoms with Crippen LogP contribution in [0.25, 0.3) is 82.1 Å². The third kappa shape index (κ3) is 5.26. The largest absolute Gasteiger partial charge is 0.310 e. The normalized spacial score (nSPS) is 11.6. The van der Waals surface area contributed by atoms with Crippen LogP contribution in [0, 0.1) is 0 Å². The summed E-state index contributed by atoms with van der Waals surface area (Å²) in [6.45, 7) is 0. The molecule has 11 rings (SSSR count). The van der Waals surface area contributed by atoms with E-state index in [4.69, 9.17) is 0 Å². The maximum Gasteiger partial charge on any atom is 0.0547 e. The average molecular weight is 713 g/mol. The van der Waals surface area contributed by atoms with Crippen molar-refractivity contribution in [3.63, 3.8) is 0 Å². The minimum atomic E-state index is 1.10. The van der Waals surface area contributed by atoms with Crippen molar-refractivity contribution in [1.82, 2.24) is 4.57 Å². The van der Waals surface area contributed by atoms with Gasteiger partial charge >= 0.3 is 0 Å². The summed E-state index contributed by atoms with van der Waals surface area (Å²) in [5.74, 6) is 0. The number of hydrogen-bond donors (Lipinski definition) is 0. The SMILES string of the molecule is c1ccc(-c2ccc(N(c3ccc(-n4c5ccccc5c5c6c(-c7cccc8ccccc78)cccc6ccc54)cc3)c3ccc4ccccc4c3)cc2)cc1. The van der Waals surface area contributed by atoms with Gasteiger partial charge in [-0.1, -0.05) is 158 Å². The Morgan fingerprint density at radius 1 is 0.304 bits per heavy atom. The van der Waals surface area contributed by atoms with Crippen LogP contribution >= 0.6 is 0 Å². The Hall–Kier alpha value is -7.42. The van der Waals surface area contributed by atoms with E-state index in [1.165, 1.54) is 76.4 Å². The molecule has 0 unspecified atom stereocenters. The van der Waals surface area contributed by atoms with Crippen LogP contribution in [0.4, 0.5) is 17.1 Å². The molecule has 262 valence electrons. The number of anilines is 3. The summed E-state index contributed by atoms with van der Waals surface area (Å²) in [4.78, 5) is 2.36. The van der Waals surface area contributed by atoms with Gasteiger partial charge in [0.15, 0.2) is 0 Å². The lowest BCUT2D eigenvalue weighted by molar-refractivity contribution is 1.17. The molecule has 1 heterocycles. The van der Waals surface area contributed by atoms with Gasteiger partial charge in [0, 0.05) is 33.5 Å². The predicted octanol–water partition coefficient (Wildman–Crippen LogP) is 15.0. The van der Waals surface area contributed by atoms with Crippen LogP contribution in [0.15, 0.2) is 218 Å². The number of hydrogen-bond acceptors (Lipinski definition) is 1. The molecular formula is C54H36N2. The van der Waals surface area contributed by atoms with Gasteiger partial charge in [-0.2, -0.15) is 0 Å². The molecule has 0 aliphatic heterocycles. The monoisotopic (exact) mass is 712 g/mol. The Labute approximate surface area is 325 Å². The van der Waals surface area contributed by atoms with Gasteiger partial charge in [0.1, 0.15) is 0 Å². The highest BCUT2D eigenvalue weighted by Crippen LogP contribution is 2.43. The first-order valence-electron chi connectivity index (χ1n) is 19.3. The third-order valence-corrected chi connectivity index (χ3v) is 11.3. The van der Waals surface area contributed by atoms with Crippen molar-refractivity contribution in [2.75, 3.05) is 4.90 Å². The van der Waals surface area contributed by atoms with Gasteiger partial charge in [-0.3, -0.25) is 0 Å². The molecule has 11 aromatic rings. The molecule has 0 bridgehead atoms. The summed E-state index contributed by atoms with van der Waals surface area (Å²) in [6, 6.07) is 79.4. The molecule has 2 heteroatoms. The van der Waals surface area contributed by atoms with Gasteiger partial charge in [0.25, 0.3) is 0 Å². The zero-order chi connectivity index (χ0) is 37.0. The van der Waals surface area contributed by atoms with Crippen LogP contribution in [0.3, 0.4) is 0 Å². The number of nitrogens with zero attached hydrogens (tertiary/aromatic N) is 2. The average Bonchev–Trinajstić information content (AvgIpc) is 3.61. The fraction of sp³-hybridized carbons (Fsp3) is 0. The number of benzene rings is 10. The lowest BCUT2D eigenvalue weighted by Gasteiger charge is -2.26. The van der Waals surface area contributed by atoms with Crippen molar-refractivity contribution in [3.05, 3.63) is 218 Å². The summed E-state index contributed by atoms with van der Waals surface area (Å²) < 4.78 is 2.43. The predicted molar refractivity (Wildman–Crippen MR) is 239 cm³/mol. The lowest BCUT2D eigenvalue weighted by Crippen LogP contribution is -2.10. The van der Waals surface area contributed by atoms with Gasteiger partial charge in [-0.15, -0.1) is 0 Å². The van der Waals surface area contributed by atoms with E-state index in [1.807, 2.05) is 0 Å². The van der Waals surface area contributed by atoms with Crippen molar-refractivity contribution in [1.29, 1.82) is 0 Å². The van der Waals surface area contributed by atoms with E-state index in [1.54, 1.807) is 0 Å². The first kappa shape index (κ1) is 32.0. The Kier molecular flexibility index (Phi) is 7.53. The zero-order valence-electron chi connectivity index (χ0n) is 30.7. The zero-order valence-corrected chi connectivity index (χ0v) is 30.7. The summed E-state index contributed by atoms with van der Waals surface area (Å²) in [5, 5.41) is 10.0. The van der Waals surface area contributed by atoms with E-state index >= 15 is 0 Å². The second kappa shape index (κ2) is 13.2. The summed E-state index contributed by atoms with van der Waals surface area (Å²) in [6.07, 6.45) is 0. The lowest BCUT2D eigenvalue weighted by atomic mass is 9.92. The van der Waals surface area contributed by atoms with E-state index in [2.05, 4.69) is 228 Å². The summed E-state index contributed by atoms with van der Waals surface area (Å²) >= 11 is 0. The Balaban J connectivity index is 1.08. The van der Waals surface area contributed by atoms with Gasteiger partial charge in [0.05, 0.1) is 11.0 Å². The van der Waals surface area contributed by atoms with Crippen LogP contribution in [0.5, 0.6) is 0 Å². The van der Waals surface area contributed by atoms with E-state index in [0.717, 1.165) is 22.7 Å². The quantitative estimate of drug-likeness (QED) is 0.167. The molecular weight excluding hydrogens is 677 g/mol. The van der Waals surface area contributed by atoms with E-state index < -0.39 is 0 Å². The molecule has 0 atom stereocenters.